The maximum Gasteiger partial charge on any atom is 0.203 e. The summed E-state index contributed by atoms with van der Waals surface area (Å²) in [6.45, 7) is 3.58. The summed E-state index contributed by atoms with van der Waals surface area (Å²) in [5, 5.41) is 42.0. The number of aliphatic hydroxyl groups is 4. The monoisotopic (exact) mass is 474 g/mol. The van der Waals surface area contributed by atoms with Crippen LogP contribution in [0.3, 0.4) is 0 Å². The Hall–Kier alpha value is -1.42. The fraction of sp³-hybridized carbons (Fsp3) is 0.769. The first-order valence-electron chi connectivity index (χ1n) is 12.6. The van der Waals surface area contributed by atoms with Gasteiger partial charge in [0.15, 0.2) is 5.78 Å². The van der Waals surface area contributed by atoms with Gasteiger partial charge < -0.3 is 29.9 Å². The summed E-state index contributed by atoms with van der Waals surface area (Å²) in [7, 11) is 0. The van der Waals surface area contributed by atoms with Gasteiger partial charge in [-0.05, 0) is 44.4 Å². The minimum atomic E-state index is -1.61. The zero-order valence-electron chi connectivity index (χ0n) is 19.6. The molecule has 0 aromatic heterocycles. The lowest BCUT2D eigenvalue weighted by Crippen LogP contribution is -2.62. The fourth-order valence-corrected chi connectivity index (χ4v) is 8.18. The van der Waals surface area contributed by atoms with Gasteiger partial charge in [0, 0.05) is 29.7 Å². The molecule has 6 aliphatic rings. The van der Waals surface area contributed by atoms with E-state index in [0.29, 0.717) is 19.3 Å². The number of hydrogen-bond acceptors (Lipinski definition) is 8. The molecule has 8 nitrogen and oxygen atoms in total. The molecule has 2 heterocycles. The van der Waals surface area contributed by atoms with Gasteiger partial charge in [-0.2, -0.15) is 0 Å². The molecule has 34 heavy (non-hydrogen) atoms. The molecule has 4 N–H and O–H groups in total. The van der Waals surface area contributed by atoms with Crippen LogP contribution >= 0.6 is 0 Å². The van der Waals surface area contributed by atoms with Crippen LogP contribution in [-0.2, 0) is 19.1 Å². The standard InChI is InChI=1S/C26H34O8/c1-11-10-33-26(24(32)21(11)30)17(9-27)20-15-5-6-16-14(19(15)22(31)23(20)34-26)4-3-12-7-13(28)8-18(29)25(12,16)2/h3,11,13-14,16-17,20-21,23-24,27-28,30,32H,4-10H2,1-2H3. The number of ether oxygens (including phenoxy) is 2. The Morgan fingerprint density at radius 1 is 1.18 bits per heavy atom. The van der Waals surface area contributed by atoms with Gasteiger partial charge in [-0.1, -0.05) is 24.1 Å². The van der Waals surface area contributed by atoms with Crippen LogP contribution in [-0.4, -0.2) is 75.4 Å². The van der Waals surface area contributed by atoms with E-state index in [0.717, 1.165) is 23.1 Å². The number of carbonyl (C=O) groups excluding carboxylic acids is 2. The summed E-state index contributed by atoms with van der Waals surface area (Å²) >= 11 is 0. The smallest absolute Gasteiger partial charge is 0.203 e. The highest BCUT2D eigenvalue weighted by Crippen LogP contribution is 2.62. The maximum atomic E-state index is 13.8. The normalized spacial score (nSPS) is 52.3. The second-order valence-corrected chi connectivity index (χ2v) is 11.5. The van der Waals surface area contributed by atoms with E-state index < -0.39 is 47.5 Å². The van der Waals surface area contributed by atoms with Crippen molar-refractivity contribution in [2.24, 2.45) is 35.0 Å². The second kappa shape index (κ2) is 7.54. The highest BCUT2D eigenvalue weighted by molar-refractivity contribution is 6.04. The van der Waals surface area contributed by atoms with Crippen molar-refractivity contribution in [2.75, 3.05) is 13.2 Å². The number of ketones is 2. The van der Waals surface area contributed by atoms with E-state index in [9.17, 15) is 30.0 Å². The molecule has 8 heteroatoms. The lowest BCUT2D eigenvalue weighted by atomic mass is 9.52. The van der Waals surface area contributed by atoms with E-state index in [1.54, 1.807) is 6.92 Å². The molecule has 2 aliphatic heterocycles. The molecule has 0 aromatic carbocycles. The van der Waals surface area contributed by atoms with Crippen LogP contribution in [0.4, 0.5) is 0 Å². The third kappa shape index (κ3) is 2.70. The van der Waals surface area contributed by atoms with Gasteiger partial charge in [-0.25, -0.2) is 0 Å². The van der Waals surface area contributed by atoms with Gasteiger partial charge in [0.1, 0.15) is 18.0 Å². The van der Waals surface area contributed by atoms with Crippen LogP contribution in [0.15, 0.2) is 22.8 Å². The molecule has 1 saturated carbocycles. The molecule has 186 valence electrons. The van der Waals surface area contributed by atoms with Crippen LogP contribution in [0.1, 0.15) is 46.0 Å². The van der Waals surface area contributed by atoms with Crippen molar-refractivity contribution >= 4 is 11.6 Å². The summed E-state index contributed by atoms with van der Waals surface area (Å²) in [6, 6.07) is 0. The van der Waals surface area contributed by atoms with Gasteiger partial charge in [-0.3, -0.25) is 9.59 Å². The summed E-state index contributed by atoms with van der Waals surface area (Å²) < 4.78 is 12.2. The zero-order valence-corrected chi connectivity index (χ0v) is 19.6. The molecule has 1 spiro atoms. The third-order valence-corrected chi connectivity index (χ3v) is 10.0. The Labute approximate surface area is 198 Å². The molecule has 0 radical (unpaired) electrons. The first-order valence-corrected chi connectivity index (χ1v) is 12.6. The van der Waals surface area contributed by atoms with E-state index in [1.807, 2.05) is 6.92 Å². The zero-order chi connectivity index (χ0) is 24.2. The van der Waals surface area contributed by atoms with Crippen molar-refractivity contribution in [3.63, 3.8) is 0 Å². The molecule has 11 unspecified atom stereocenters. The summed E-state index contributed by atoms with van der Waals surface area (Å²) in [5.74, 6) is -3.18. The molecule has 4 aliphatic carbocycles. The minimum absolute atomic E-state index is 0.00486. The first kappa shape index (κ1) is 23.0. The van der Waals surface area contributed by atoms with E-state index in [2.05, 4.69) is 6.08 Å². The highest BCUT2D eigenvalue weighted by atomic mass is 16.7. The lowest BCUT2D eigenvalue weighted by molar-refractivity contribution is -0.337. The van der Waals surface area contributed by atoms with Crippen molar-refractivity contribution in [2.45, 2.75) is 76.2 Å². The Kier molecular flexibility index (Phi) is 5.10. The van der Waals surface area contributed by atoms with Crippen molar-refractivity contribution in [1.29, 1.82) is 0 Å². The van der Waals surface area contributed by atoms with E-state index in [4.69, 9.17) is 9.47 Å². The topological polar surface area (TPSA) is 134 Å². The summed E-state index contributed by atoms with van der Waals surface area (Å²) in [5.41, 5.74) is 2.02. The average Bonchev–Trinajstić information content (AvgIpc) is 3.28. The van der Waals surface area contributed by atoms with Crippen LogP contribution in [0.5, 0.6) is 0 Å². The minimum Gasteiger partial charge on any atom is -0.396 e. The fourth-order valence-electron chi connectivity index (χ4n) is 8.18. The molecular formula is C26H34O8. The predicted octanol–water partition coefficient (Wildman–Crippen LogP) is 0.660. The molecule has 2 saturated heterocycles. The molecule has 0 aromatic rings. The molecule has 11 atom stereocenters. The number of fused-ring (bicyclic) bond motifs is 6. The van der Waals surface area contributed by atoms with E-state index in [1.165, 1.54) is 0 Å². The van der Waals surface area contributed by atoms with Crippen molar-refractivity contribution in [3.8, 4) is 0 Å². The lowest BCUT2D eigenvalue weighted by Gasteiger charge is -2.51. The SMILES string of the molecule is CC1COC2(OC3C(=O)C4=C(CCC5C4CC=C4CC(O)CC(=O)C45C)C3C2CO)C(O)C1O. The Morgan fingerprint density at radius 2 is 1.94 bits per heavy atom. The maximum absolute atomic E-state index is 13.8. The molecule has 0 amide bonds. The predicted molar refractivity (Wildman–Crippen MR) is 118 cm³/mol. The van der Waals surface area contributed by atoms with Crippen LogP contribution in [0.2, 0.25) is 0 Å². The van der Waals surface area contributed by atoms with Gasteiger partial charge in [-0.15, -0.1) is 0 Å². The van der Waals surface area contributed by atoms with Gasteiger partial charge in [0.05, 0.1) is 30.8 Å². The number of aliphatic hydroxyl groups excluding tert-OH is 4. The van der Waals surface area contributed by atoms with Crippen LogP contribution in [0.25, 0.3) is 0 Å². The van der Waals surface area contributed by atoms with Gasteiger partial charge in [0.25, 0.3) is 0 Å². The highest BCUT2D eigenvalue weighted by Gasteiger charge is 2.69. The third-order valence-electron chi connectivity index (χ3n) is 10.0. The van der Waals surface area contributed by atoms with E-state index in [-0.39, 0.29) is 49.0 Å². The molecule has 6 rings (SSSR count). The molecule has 3 fully saturated rings. The van der Waals surface area contributed by atoms with Crippen LogP contribution < -0.4 is 0 Å². The second-order valence-electron chi connectivity index (χ2n) is 11.5. The van der Waals surface area contributed by atoms with Crippen molar-refractivity contribution < 1.29 is 39.5 Å². The number of rotatable bonds is 1. The van der Waals surface area contributed by atoms with Gasteiger partial charge >= 0.3 is 0 Å². The van der Waals surface area contributed by atoms with Gasteiger partial charge in [0.2, 0.25) is 5.79 Å². The summed E-state index contributed by atoms with van der Waals surface area (Å²) in [6.07, 6.45) is 0.772. The largest absolute Gasteiger partial charge is 0.396 e. The Balaban J connectivity index is 1.38. The quantitative estimate of drug-likeness (QED) is 0.408. The molecular weight excluding hydrogens is 440 g/mol. The number of hydrogen-bond donors (Lipinski definition) is 4. The van der Waals surface area contributed by atoms with Crippen molar-refractivity contribution in [3.05, 3.63) is 22.8 Å². The van der Waals surface area contributed by atoms with E-state index >= 15 is 0 Å². The number of Topliss-reactive ketones (excluding diaryl/α,β-unsaturated/α-hetero) is 2. The number of carbonyl (C=O) groups is 2. The first-order chi connectivity index (χ1) is 16.1. The molecule has 0 bridgehead atoms. The number of allylic oxidation sites excluding steroid dienone is 1. The van der Waals surface area contributed by atoms with Crippen LogP contribution in [0, 0.1) is 35.0 Å². The Morgan fingerprint density at radius 3 is 2.68 bits per heavy atom. The van der Waals surface area contributed by atoms with Crippen molar-refractivity contribution in [1.82, 2.24) is 0 Å². The summed E-state index contributed by atoms with van der Waals surface area (Å²) in [4.78, 5) is 27.0. The average molecular weight is 475 g/mol. The Bertz CT molecular complexity index is 1000.